The maximum absolute atomic E-state index is 11.7. The van der Waals surface area contributed by atoms with Crippen LogP contribution in [0.4, 0.5) is 0 Å². The molecule has 0 radical (unpaired) electrons. The summed E-state index contributed by atoms with van der Waals surface area (Å²) in [4.78, 5) is 13.7. The Balaban J connectivity index is 2.47. The van der Waals surface area contributed by atoms with Gasteiger partial charge in [-0.2, -0.15) is 0 Å². The molecule has 1 aromatic carbocycles. The number of benzene rings is 1. The van der Waals surface area contributed by atoms with Gasteiger partial charge in [0.15, 0.2) is 0 Å². The highest BCUT2D eigenvalue weighted by molar-refractivity contribution is 6.30. The Morgan fingerprint density at radius 2 is 2.18 bits per heavy atom. The van der Waals surface area contributed by atoms with Gasteiger partial charge in [0, 0.05) is 11.6 Å². The van der Waals surface area contributed by atoms with E-state index in [2.05, 4.69) is 5.32 Å². The Labute approximate surface area is 106 Å². The third-order valence-corrected chi connectivity index (χ3v) is 2.51. The summed E-state index contributed by atoms with van der Waals surface area (Å²) < 4.78 is 0. The average Bonchev–Trinajstić information content (AvgIpc) is 2.23. The minimum atomic E-state index is -0.280. The fourth-order valence-electron chi connectivity index (χ4n) is 1.39. The van der Waals surface area contributed by atoms with Crippen LogP contribution in [0.15, 0.2) is 18.2 Å². The van der Waals surface area contributed by atoms with E-state index in [0.717, 1.165) is 13.0 Å². The number of carbonyl (C=O) groups excluding carboxylic acids is 1. The first-order valence-corrected chi connectivity index (χ1v) is 5.80. The lowest BCUT2D eigenvalue weighted by molar-refractivity contribution is 0.0949. The number of halogens is 1. The van der Waals surface area contributed by atoms with Gasteiger partial charge < -0.3 is 15.3 Å². The Kier molecular flexibility index (Phi) is 5.25. The molecule has 0 aliphatic carbocycles. The van der Waals surface area contributed by atoms with Crippen LogP contribution < -0.4 is 5.32 Å². The van der Waals surface area contributed by atoms with Crippen molar-refractivity contribution in [2.24, 2.45) is 0 Å². The van der Waals surface area contributed by atoms with Crippen molar-refractivity contribution < 1.29 is 9.90 Å². The van der Waals surface area contributed by atoms with Gasteiger partial charge in [-0.15, -0.1) is 0 Å². The molecule has 17 heavy (non-hydrogen) atoms. The second kappa shape index (κ2) is 6.47. The zero-order valence-electron chi connectivity index (χ0n) is 10.0. The number of amides is 1. The minimum absolute atomic E-state index is 0.0948. The molecule has 0 heterocycles. The molecule has 0 aromatic heterocycles. The van der Waals surface area contributed by atoms with Crippen LogP contribution in [0.25, 0.3) is 0 Å². The molecular weight excluding hydrogens is 240 g/mol. The van der Waals surface area contributed by atoms with Crippen LogP contribution in [0.3, 0.4) is 0 Å². The second-order valence-electron chi connectivity index (χ2n) is 4.07. The molecule has 0 unspecified atom stereocenters. The molecular formula is C12H17ClN2O2. The van der Waals surface area contributed by atoms with Gasteiger partial charge in [-0.1, -0.05) is 11.6 Å². The molecule has 0 bridgehead atoms. The van der Waals surface area contributed by atoms with Crippen molar-refractivity contribution in [3.63, 3.8) is 0 Å². The van der Waals surface area contributed by atoms with E-state index in [1.54, 1.807) is 6.07 Å². The van der Waals surface area contributed by atoms with Crippen LogP contribution in [0.1, 0.15) is 16.8 Å². The van der Waals surface area contributed by atoms with Gasteiger partial charge in [-0.05, 0) is 45.3 Å². The van der Waals surface area contributed by atoms with Crippen molar-refractivity contribution in [3.8, 4) is 5.75 Å². The maximum Gasteiger partial charge on any atom is 0.255 e. The number of phenolic OH excluding ortho intramolecular Hbond substituents is 1. The maximum atomic E-state index is 11.7. The Morgan fingerprint density at radius 3 is 2.76 bits per heavy atom. The lowest BCUT2D eigenvalue weighted by Crippen LogP contribution is -2.27. The van der Waals surface area contributed by atoms with Crippen molar-refractivity contribution in [3.05, 3.63) is 28.8 Å². The molecule has 0 saturated carbocycles. The molecule has 94 valence electrons. The summed E-state index contributed by atoms with van der Waals surface area (Å²) in [5.74, 6) is -0.375. The fourth-order valence-corrected chi connectivity index (χ4v) is 1.56. The van der Waals surface area contributed by atoms with Crippen molar-refractivity contribution >= 4 is 17.5 Å². The average molecular weight is 257 g/mol. The summed E-state index contributed by atoms with van der Waals surface area (Å²) >= 11 is 5.69. The smallest absolute Gasteiger partial charge is 0.255 e. The van der Waals surface area contributed by atoms with Crippen molar-refractivity contribution in [2.45, 2.75) is 6.42 Å². The first-order valence-electron chi connectivity index (χ1n) is 5.42. The summed E-state index contributed by atoms with van der Waals surface area (Å²) in [6.07, 6.45) is 0.868. The molecule has 0 aliphatic heterocycles. The monoisotopic (exact) mass is 256 g/mol. The van der Waals surface area contributed by atoms with Gasteiger partial charge in [0.25, 0.3) is 5.91 Å². The fraction of sp³-hybridized carbons (Fsp3) is 0.417. The summed E-state index contributed by atoms with van der Waals surface area (Å²) in [7, 11) is 3.96. The number of nitrogens with one attached hydrogen (secondary N) is 1. The highest BCUT2D eigenvalue weighted by Gasteiger charge is 2.10. The zero-order chi connectivity index (χ0) is 12.8. The largest absolute Gasteiger partial charge is 0.507 e. The van der Waals surface area contributed by atoms with Crippen molar-refractivity contribution in [2.75, 3.05) is 27.2 Å². The van der Waals surface area contributed by atoms with Gasteiger partial charge in [-0.3, -0.25) is 4.79 Å². The molecule has 1 aromatic rings. The zero-order valence-corrected chi connectivity index (χ0v) is 10.8. The second-order valence-corrected chi connectivity index (χ2v) is 4.51. The SMILES string of the molecule is CN(C)CCCNC(=O)c1ccc(Cl)cc1O. The van der Waals surface area contributed by atoms with E-state index >= 15 is 0 Å². The van der Waals surface area contributed by atoms with Crippen molar-refractivity contribution in [1.29, 1.82) is 0 Å². The Morgan fingerprint density at radius 1 is 1.47 bits per heavy atom. The number of rotatable bonds is 5. The molecule has 2 N–H and O–H groups in total. The highest BCUT2D eigenvalue weighted by atomic mass is 35.5. The van der Waals surface area contributed by atoms with Crippen molar-refractivity contribution in [1.82, 2.24) is 10.2 Å². The summed E-state index contributed by atoms with van der Waals surface area (Å²) in [6, 6.07) is 4.45. The standard InChI is InChI=1S/C12H17ClN2O2/c1-15(2)7-3-6-14-12(17)10-5-4-9(13)8-11(10)16/h4-5,8,16H,3,6-7H2,1-2H3,(H,14,17). The third-order valence-electron chi connectivity index (χ3n) is 2.27. The number of aromatic hydroxyl groups is 1. The normalized spacial score (nSPS) is 10.6. The Hall–Kier alpha value is -1.26. The molecule has 1 rings (SSSR count). The number of hydrogen-bond donors (Lipinski definition) is 2. The first-order chi connectivity index (χ1) is 8.00. The lowest BCUT2D eigenvalue weighted by atomic mass is 10.2. The lowest BCUT2D eigenvalue weighted by Gasteiger charge is -2.10. The number of carbonyl (C=O) groups is 1. The van der Waals surface area contributed by atoms with Crippen LogP contribution >= 0.6 is 11.6 Å². The quantitative estimate of drug-likeness (QED) is 0.789. The summed E-state index contributed by atoms with van der Waals surface area (Å²) in [6.45, 7) is 1.49. The van der Waals surface area contributed by atoms with E-state index in [-0.39, 0.29) is 17.2 Å². The van der Waals surface area contributed by atoms with E-state index in [9.17, 15) is 9.90 Å². The summed E-state index contributed by atoms with van der Waals surface area (Å²) in [5.41, 5.74) is 0.249. The van der Waals surface area contributed by atoms with E-state index in [4.69, 9.17) is 11.6 Å². The predicted octanol–water partition coefficient (Wildman–Crippen LogP) is 1.73. The number of phenols is 1. The van der Waals surface area contributed by atoms with Crippen LogP contribution in [0.2, 0.25) is 5.02 Å². The Bertz CT molecular complexity index is 394. The minimum Gasteiger partial charge on any atom is -0.507 e. The topological polar surface area (TPSA) is 52.6 Å². The molecule has 0 fully saturated rings. The van der Waals surface area contributed by atoms with E-state index < -0.39 is 0 Å². The van der Waals surface area contributed by atoms with Gasteiger partial charge >= 0.3 is 0 Å². The van der Waals surface area contributed by atoms with E-state index in [1.807, 2.05) is 19.0 Å². The van der Waals surface area contributed by atoms with Gasteiger partial charge in [-0.25, -0.2) is 0 Å². The molecule has 0 spiro atoms. The number of hydrogen-bond acceptors (Lipinski definition) is 3. The predicted molar refractivity (Wildman–Crippen MR) is 68.6 cm³/mol. The van der Waals surface area contributed by atoms with E-state index in [0.29, 0.717) is 11.6 Å². The summed E-state index contributed by atoms with van der Waals surface area (Å²) in [5, 5.41) is 12.7. The molecule has 4 nitrogen and oxygen atoms in total. The van der Waals surface area contributed by atoms with Crippen LogP contribution in [-0.4, -0.2) is 43.1 Å². The van der Waals surface area contributed by atoms with E-state index in [1.165, 1.54) is 12.1 Å². The van der Waals surface area contributed by atoms with Crippen LogP contribution in [0, 0.1) is 0 Å². The third kappa shape index (κ3) is 4.63. The van der Waals surface area contributed by atoms with Crippen LogP contribution in [0.5, 0.6) is 5.75 Å². The van der Waals surface area contributed by atoms with Gasteiger partial charge in [0.05, 0.1) is 5.56 Å². The molecule has 1 amide bonds. The number of nitrogens with zero attached hydrogens (tertiary/aromatic N) is 1. The van der Waals surface area contributed by atoms with Crippen LogP contribution in [-0.2, 0) is 0 Å². The molecule has 0 aliphatic rings. The van der Waals surface area contributed by atoms with Gasteiger partial charge in [0.1, 0.15) is 5.75 Å². The molecule has 5 heteroatoms. The highest BCUT2D eigenvalue weighted by Crippen LogP contribution is 2.21. The molecule has 0 atom stereocenters. The molecule has 0 saturated heterocycles. The van der Waals surface area contributed by atoms with Gasteiger partial charge in [0.2, 0.25) is 0 Å². The first kappa shape index (κ1) is 13.8.